The molecule has 0 radical (unpaired) electrons. The number of hydrogen-bond acceptors (Lipinski definition) is 1. The number of allylic oxidation sites excluding steroid dienone is 1. The van der Waals surface area contributed by atoms with Crippen molar-refractivity contribution >= 4 is 39.3 Å². The normalized spacial score (nSPS) is 10.9. The van der Waals surface area contributed by atoms with E-state index in [0.717, 1.165) is 22.1 Å². The second kappa shape index (κ2) is 5.30. The van der Waals surface area contributed by atoms with Crippen molar-refractivity contribution in [1.82, 2.24) is 0 Å². The van der Waals surface area contributed by atoms with Crippen LogP contribution in [0.5, 0.6) is 0 Å². The number of nitrogen functional groups attached to an aromatic ring is 1. The number of alkyl halides is 1. The Hall–Kier alpha value is -0.470. The van der Waals surface area contributed by atoms with Gasteiger partial charge in [-0.15, -0.1) is 11.6 Å². The van der Waals surface area contributed by atoms with E-state index in [1.165, 1.54) is 0 Å². The summed E-state index contributed by atoms with van der Waals surface area (Å²) < 4.78 is 1.000. The van der Waals surface area contributed by atoms with Gasteiger partial charge in [0, 0.05) is 16.0 Å². The largest absolute Gasteiger partial charge is 0.398 e. The van der Waals surface area contributed by atoms with Crippen LogP contribution in [-0.4, -0.2) is 5.88 Å². The zero-order valence-electron chi connectivity index (χ0n) is 7.13. The molecule has 0 heterocycles. The average molecular weight is 261 g/mol. The molecule has 0 aliphatic heterocycles. The SMILES string of the molecule is Nc1cc(Br)ccc1C=CCCCl. The molecule has 0 atom stereocenters. The second-order valence-electron chi connectivity index (χ2n) is 2.65. The topological polar surface area (TPSA) is 26.0 Å². The molecule has 1 rings (SSSR count). The van der Waals surface area contributed by atoms with E-state index < -0.39 is 0 Å². The van der Waals surface area contributed by atoms with E-state index in [0.29, 0.717) is 5.88 Å². The third kappa shape index (κ3) is 3.41. The van der Waals surface area contributed by atoms with Gasteiger partial charge in [0.1, 0.15) is 0 Å². The molecule has 0 aliphatic rings. The standard InChI is InChI=1S/C10H11BrClN/c11-9-5-4-8(10(13)7-9)3-1-2-6-12/h1,3-5,7H,2,6,13H2. The molecule has 13 heavy (non-hydrogen) atoms. The molecule has 0 spiro atoms. The first kappa shape index (κ1) is 10.6. The lowest BCUT2D eigenvalue weighted by Gasteiger charge is -1.99. The first-order chi connectivity index (χ1) is 6.24. The predicted octanol–water partition coefficient (Wildman–Crippen LogP) is 3.67. The molecule has 1 nitrogen and oxygen atoms in total. The lowest BCUT2D eigenvalue weighted by molar-refractivity contribution is 1.24. The average Bonchev–Trinajstić information content (AvgIpc) is 2.09. The summed E-state index contributed by atoms with van der Waals surface area (Å²) in [5, 5.41) is 0. The van der Waals surface area contributed by atoms with Crippen molar-refractivity contribution in [2.75, 3.05) is 11.6 Å². The highest BCUT2D eigenvalue weighted by molar-refractivity contribution is 9.10. The van der Waals surface area contributed by atoms with Crippen LogP contribution >= 0.6 is 27.5 Å². The summed E-state index contributed by atoms with van der Waals surface area (Å²) in [5.74, 6) is 0.646. The Balaban J connectivity index is 2.77. The minimum atomic E-state index is 0.646. The van der Waals surface area contributed by atoms with Crippen molar-refractivity contribution in [3.8, 4) is 0 Å². The lowest BCUT2D eigenvalue weighted by Crippen LogP contribution is -1.88. The van der Waals surface area contributed by atoms with Gasteiger partial charge in [0.05, 0.1) is 0 Å². The van der Waals surface area contributed by atoms with Crippen LogP contribution in [0.2, 0.25) is 0 Å². The van der Waals surface area contributed by atoms with E-state index in [1.54, 1.807) is 0 Å². The van der Waals surface area contributed by atoms with Crippen LogP contribution in [0.15, 0.2) is 28.7 Å². The summed E-state index contributed by atoms with van der Waals surface area (Å²) in [4.78, 5) is 0. The van der Waals surface area contributed by atoms with E-state index in [4.69, 9.17) is 17.3 Å². The van der Waals surface area contributed by atoms with E-state index in [1.807, 2.05) is 30.4 Å². The lowest BCUT2D eigenvalue weighted by atomic mass is 10.1. The van der Waals surface area contributed by atoms with Crippen molar-refractivity contribution in [3.63, 3.8) is 0 Å². The molecule has 1 aromatic rings. The van der Waals surface area contributed by atoms with Gasteiger partial charge in [0.25, 0.3) is 0 Å². The highest BCUT2D eigenvalue weighted by atomic mass is 79.9. The maximum atomic E-state index is 5.79. The monoisotopic (exact) mass is 259 g/mol. The molecule has 0 fully saturated rings. The van der Waals surface area contributed by atoms with Crippen LogP contribution in [0.4, 0.5) is 5.69 Å². The quantitative estimate of drug-likeness (QED) is 0.651. The predicted molar refractivity (Wildman–Crippen MR) is 62.9 cm³/mol. The first-order valence-corrected chi connectivity index (χ1v) is 5.34. The van der Waals surface area contributed by atoms with Gasteiger partial charge in [-0.2, -0.15) is 0 Å². The van der Waals surface area contributed by atoms with Crippen molar-refractivity contribution in [1.29, 1.82) is 0 Å². The van der Waals surface area contributed by atoms with Crippen molar-refractivity contribution < 1.29 is 0 Å². The van der Waals surface area contributed by atoms with Gasteiger partial charge < -0.3 is 5.73 Å². The highest BCUT2D eigenvalue weighted by Crippen LogP contribution is 2.19. The fourth-order valence-electron chi connectivity index (χ4n) is 0.971. The second-order valence-corrected chi connectivity index (χ2v) is 3.95. The van der Waals surface area contributed by atoms with Gasteiger partial charge >= 0.3 is 0 Å². The van der Waals surface area contributed by atoms with Crippen molar-refractivity contribution in [2.24, 2.45) is 0 Å². The maximum Gasteiger partial charge on any atom is 0.0398 e. The van der Waals surface area contributed by atoms with Crippen LogP contribution < -0.4 is 5.73 Å². The van der Waals surface area contributed by atoms with Gasteiger partial charge in [-0.25, -0.2) is 0 Å². The molecule has 0 aromatic heterocycles. The summed E-state index contributed by atoms with van der Waals surface area (Å²) in [6, 6.07) is 5.83. The Labute approximate surface area is 91.7 Å². The molecule has 0 saturated heterocycles. The summed E-state index contributed by atoms with van der Waals surface area (Å²) in [6.07, 6.45) is 4.88. The molecule has 3 heteroatoms. The summed E-state index contributed by atoms with van der Waals surface area (Å²) in [6.45, 7) is 0. The molecule has 0 aliphatic carbocycles. The minimum Gasteiger partial charge on any atom is -0.398 e. The molecule has 70 valence electrons. The molecule has 2 N–H and O–H groups in total. The van der Waals surface area contributed by atoms with E-state index in [2.05, 4.69) is 15.9 Å². The van der Waals surface area contributed by atoms with Crippen LogP contribution in [-0.2, 0) is 0 Å². The molecule has 0 amide bonds. The number of nitrogens with two attached hydrogens (primary N) is 1. The molecule has 0 saturated carbocycles. The van der Waals surface area contributed by atoms with Crippen molar-refractivity contribution in [3.05, 3.63) is 34.3 Å². The maximum absolute atomic E-state index is 5.79. The third-order valence-electron chi connectivity index (χ3n) is 1.62. The Morgan fingerprint density at radius 2 is 2.23 bits per heavy atom. The van der Waals surface area contributed by atoms with E-state index in [-0.39, 0.29) is 0 Å². The minimum absolute atomic E-state index is 0.646. The van der Waals surface area contributed by atoms with Crippen LogP contribution in [0.25, 0.3) is 6.08 Å². The van der Waals surface area contributed by atoms with Gasteiger partial charge in [0.2, 0.25) is 0 Å². The number of benzene rings is 1. The number of rotatable bonds is 3. The summed E-state index contributed by atoms with van der Waals surface area (Å²) >= 11 is 8.90. The van der Waals surface area contributed by atoms with Crippen LogP contribution in [0, 0.1) is 0 Å². The van der Waals surface area contributed by atoms with E-state index >= 15 is 0 Å². The molecular weight excluding hydrogens is 249 g/mol. The zero-order valence-corrected chi connectivity index (χ0v) is 9.48. The van der Waals surface area contributed by atoms with Gasteiger partial charge in [0.15, 0.2) is 0 Å². The van der Waals surface area contributed by atoms with E-state index in [9.17, 15) is 0 Å². The molecular formula is C10H11BrClN. The molecule has 0 bridgehead atoms. The fraction of sp³-hybridized carbons (Fsp3) is 0.200. The van der Waals surface area contributed by atoms with Crippen molar-refractivity contribution in [2.45, 2.75) is 6.42 Å². The summed E-state index contributed by atoms with van der Waals surface area (Å²) in [7, 11) is 0. The smallest absolute Gasteiger partial charge is 0.0398 e. The van der Waals surface area contributed by atoms with Gasteiger partial charge in [-0.3, -0.25) is 0 Å². The number of halogens is 2. The van der Waals surface area contributed by atoms with Gasteiger partial charge in [-0.05, 0) is 24.1 Å². The van der Waals surface area contributed by atoms with Crippen LogP contribution in [0.3, 0.4) is 0 Å². The van der Waals surface area contributed by atoms with Gasteiger partial charge in [-0.1, -0.05) is 34.1 Å². The number of hydrogen-bond donors (Lipinski definition) is 1. The highest BCUT2D eigenvalue weighted by Gasteiger charge is 1.94. The number of anilines is 1. The Bertz CT molecular complexity index is 310. The summed E-state index contributed by atoms with van der Waals surface area (Å²) in [5.41, 5.74) is 7.60. The Morgan fingerprint density at radius 1 is 1.46 bits per heavy atom. The Kier molecular flexibility index (Phi) is 4.33. The zero-order chi connectivity index (χ0) is 9.68. The third-order valence-corrected chi connectivity index (χ3v) is 2.33. The molecule has 1 aromatic carbocycles. The first-order valence-electron chi connectivity index (χ1n) is 4.01. The molecule has 0 unspecified atom stereocenters. The fourth-order valence-corrected chi connectivity index (χ4v) is 1.48. The Morgan fingerprint density at radius 3 is 2.85 bits per heavy atom. The van der Waals surface area contributed by atoms with Crippen LogP contribution in [0.1, 0.15) is 12.0 Å².